The molecule has 6 heteroatoms. The molecular weight excluding hydrogens is 266 g/mol. The van der Waals surface area contributed by atoms with Gasteiger partial charge in [-0.05, 0) is 24.1 Å². The average molecular weight is 285 g/mol. The van der Waals surface area contributed by atoms with Crippen molar-refractivity contribution in [3.63, 3.8) is 0 Å². The lowest BCUT2D eigenvalue weighted by Crippen LogP contribution is -2.31. The zero-order valence-corrected chi connectivity index (χ0v) is 12.0. The van der Waals surface area contributed by atoms with E-state index >= 15 is 0 Å². The maximum absolute atomic E-state index is 12.5. The zero-order valence-electron chi connectivity index (χ0n) is 12.0. The molecule has 1 aliphatic rings. The van der Waals surface area contributed by atoms with Crippen LogP contribution in [0.2, 0.25) is 0 Å². The zero-order chi connectivity index (χ0) is 14.7. The molecule has 1 atom stereocenters. The summed E-state index contributed by atoms with van der Waals surface area (Å²) >= 11 is 0. The third-order valence-corrected chi connectivity index (χ3v) is 3.84. The highest BCUT2D eigenvalue weighted by Gasteiger charge is 2.23. The summed E-state index contributed by atoms with van der Waals surface area (Å²) in [4.78, 5) is 16.5. The molecule has 0 aliphatic carbocycles. The fourth-order valence-corrected chi connectivity index (χ4v) is 2.66. The van der Waals surface area contributed by atoms with Crippen LogP contribution in [0, 0.1) is 0 Å². The number of fused-ring (bicyclic) bond motifs is 1. The van der Waals surface area contributed by atoms with E-state index in [0.29, 0.717) is 12.2 Å². The van der Waals surface area contributed by atoms with Crippen LogP contribution in [0.1, 0.15) is 46.7 Å². The molecule has 0 fully saturated rings. The van der Waals surface area contributed by atoms with E-state index in [2.05, 4.69) is 25.8 Å². The number of hydrogen-bond donors (Lipinski definition) is 3. The van der Waals surface area contributed by atoms with Crippen molar-refractivity contribution in [3.05, 3.63) is 47.0 Å². The SMILES string of the molecule is CCC(NC(=O)c1n[nH]c2c1CNCC2)c1ccncc1. The third-order valence-electron chi connectivity index (χ3n) is 3.84. The summed E-state index contributed by atoms with van der Waals surface area (Å²) < 4.78 is 0. The maximum Gasteiger partial charge on any atom is 0.272 e. The van der Waals surface area contributed by atoms with Gasteiger partial charge in [-0.25, -0.2) is 0 Å². The predicted octanol–water partition coefficient (Wildman–Crippen LogP) is 1.33. The first kappa shape index (κ1) is 13.8. The topological polar surface area (TPSA) is 82.7 Å². The van der Waals surface area contributed by atoms with Gasteiger partial charge in [0.05, 0.1) is 6.04 Å². The normalized spacial score (nSPS) is 15.3. The number of carbonyl (C=O) groups excluding carboxylic acids is 1. The van der Waals surface area contributed by atoms with Gasteiger partial charge in [0.2, 0.25) is 0 Å². The molecule has 21 heavy (non-hydrogen) atoms. The molecule has 2 aromatic heterocycles. The molecule has 0 bridgehead atoms. The number of rotatable bonds is 4. The summed E-state index contributed by atoms with van der Waals surface area (Å²) in [5.74, 6) is -0.125. The highest BCUT2D eigenvalue weighted by molar-refractivity contribution is 5.94. The van der Waals surface area contributed by atoms with Crippen LogP contribution in [-0.2, 0) is 13.0 Å². The Kier molecular flexibility index (Phi) is 3.96. The molecule has 3 rings (SSSR count). The first-order chi connectivity index (χ1) is 10.3. The van der Waals surface area contributed by atoms with Gasteiger partial charge in [0.1, 0.15) is 0 Å². The number of pyridine rings is 1. The monoisotopic (exact) mass is 285 g/mol. The van der Waals surface area contributed by atoms with Crippen LogP contribution in [0.5, 0.6) is 0 Å². The number of nitrogens with one attached hydrogen (secondary N) is 3. The molecule has 1 aliphatic heterocycles. The number of hydrogen-bond acceptors (Lipinski definition) is 4. The molecule has 6 nitrogen and oxygen atoms in total. The number of carbonyl (C=O) groups is 1. The summed E-state index contributed by atoms with van der Waals surface area (Å²) in [6.45, 7) is 3.67. The van der Waals surface area contributed by atoms with Gasteiger partial charge in [0, 0.05) is 43.2 Å². The quantitative estimate of drug-likeness (QED) is 0.791. The minimum atomic E-state index is -0.125. The van der Waals surface area contributed by atoms with E-state index in [0.717, 1.165) is 36.2 Å². The van der Waals surface area contributed by atoms with E-state index in [4.69, 9.17) is 0 Å². The van der Waals surface area contributed by atoms with E-state index in [1.54, 1.807) is 12.4 Å². The van der Waals surface area contributed by atoms with Crippen LogP contribution < -0.4 is 10.6 Å². The van der Waals surface area contributed by atoms with Crippen LogP contribution in [-0.4, -0.2) is 27.6 Å². The standard InChI is InChI=1S/C15H19N5O/c1-2-12(10-3-6-16-7-4-10)18-15(21)14-11-9-17-8-5-13(11)19-20-14/h3-4,6-7,12,17H,2,5,8-9H2,1H3,(H,18,21)(H,19,20). The van der Waals surface area contributed by atoms with Crippen molar-refractivity contribution in [2.24, 2.45) is 0 Å². The molecule has 110 valence electrons. The van der Waals surface area contributed by atoms with Gasteiger partial charge < -0.3 is 10.6 Å². The van der Waals surface area contributed by atoms with Crippen LogP contribution in [0.4, 0.5) is 0 Å². The van der Waals surface area contributed by atoms with Gasteiger partial charge in [0.25, 0.3) is 5.91 Å². The third kappa shape index (κ3) is 2.80. The molecule has 1 amide bonds. The fraction of sp³-hybridized carbons (Fsp3) is 0.400. The van der Waals surface area contributed by atoms with Gasteiger partial charge in [0.15, 0.2) is 5.69 Å². The minimum absolute atomic E-state index is 0.0237. The molecule has 0 radical (unpaired) electrons. The Hall–Kier alpha value is -2.21. The van der Waals surface area contributed by atoms with E-state index in [-0.39, 0.29) is 11.9 Å². The van der Waals surface area contributed by atoms with E-state index < -0.39 is 0 Å². The Balaban J connectivity index is 1.78. The van der Waals surface area contributed by atoms with E-state index in [1.165, 1.54) is 0 Å². The van der Waals surface area contributed by atoms with Crippen LogP contribution in [0.25, 0.3) is 0 Å². The lowest BCUT2D eigenvalue weighted by Gasteiger charge is -2.18. The maximum atomic E-state index is 12.5. The van der Waals surface area contributed by atoms with Gasteiger partial charge in [-0.1, -0.05) is 6.92 Å². The second-order valence-electron chi connectivity index (χ2n) is 5.17. The highest BCUT2D eigenvalue weighted by Crippen LogP contribution is 2.19. The second-order valence-corrected chi connectivity index (χ2v) is 5.17. The lowest BCUT2D eigenvalue weighted by atomic mass is 10.0. The molecular formula is C15H19N5O. The molecule has 3 heterocycles. The van der Waals surface area contributed by atoms with Crippen molar-refractivity contribution >= 4 is 5.91 Å². The van der Waals surface area contributed by atoms with E-state index in [1.807, 2.05) is 19.1 Å². The second kappa shape index (κ2) is 6.05. The Morgan fingerprint density at radius 2 is 2.24 bits per heavy atom. The van der Waals surface area contributed by atoms with Crippen molar-refractivity contribution < 1.29 is 4.79 Å². The molecule has 3 N–H and O–H groups in total. The summed E-state index contributed by atoms with van der Waals surface area (Å²) in [7, 11) is 0. The Bertz CT molecular complexity index is 622. The van der Waals surface area contributed by atoms with Crippen molar-refractivity contribution in [2.75, 3.05) is 6.54 Å². The van der Waals surface area contributed by atoms with E-state index in [9.17, 15) is 4.79 Å². The van der Waals surface area contributed by atoms with Crippen molar-refractivity contribution in [2.45, 2.75) is 32.4 Å². The molecule has 0 saturated carbocycles. The highest BCUT2D eigenvalue weighted by atomic mass is 16.2. The van der Waals surface area contributed by atoms with Crippen molar-refractivity contribution in [1.29, 1.82) is 0 Å². The Morgan fingerprint density at radius 3 is 3.00 bits per heavy atom. The molecule has 0 aromatic carbocycles. The Labute approximate surface area is 123 Å². The first-order valence-corrected chi connectivity index (χ1v) is 7.27. The predicted molar refractivity (Wildman–Crippen MR) is 78.7 cm³/mol. The largest absolute Gasteiger partial charge is 0.344 e. The number of aromatic amines is 1. The number of aromatic nitrogens is 3. The Morgan fingerprint density at radius 1 is 1.43 bits per heavy atom. The van der Waals surface area contributed by atoms with Crippen molar-refractivity contribution in [3.8, 4) is 0 Å². The van der Waals surface area contributed by atoms with Gasteiger partial charge in [-0.15, -0.1) is 0 Å². The summed E-state index contributed by atoms with van der Waals surface area (Å²) in [5, 5.41) is 13.5. The molecule has 1 unspecified atom stereocenters. The van der Waals surface area contributed by atoms with Crippen LogP contribution in [0.15, 0.2) is 24.5 Å². The average Bonchev–Trinajstić information content (AvgIpc) is 2.97. The van der Waals surface area contributed by atoms with Gasteiger partial charge >= 0.3 is 0 Å². The summed E-state index contributed by atoms with van der Waals surface area (Å²) in [5.41, 5.74) is 3.62. The minimum Gasteiger partial charge on any atom is -0.344 e. The number of H-pyrrole nitrogens is 1. The van der Waals surface area contributed by atoms with Gasteiger partial charge in [-0.3, -0.25) is 14.9 Å². The molecule has 0 spiro atoms. The van der Waals surface area contributed by atoms with Crippen LogP contribution in [0.3, 0.4) is 0 Å². The molecule has 0 saturated heterocycles. The van der Waals surface area contributed by atoms with Crippen LogP contribution >= 0.6 is 0 Å². The smallest absolute Gasteiger partial charge is 0.272 e. The molecule has 2 aromatic rings. The number of nitrogens with zero attached hydrogens (tertiary/aromatic N) is 2. The summed E-state index contributed by atoms with van der Waals surface area (Å²) in [6, 6.07) is 3.83. The summed E-state index contributed by atoms with van der Waals surface area (Å²) in [6.07, 6.45) is 5.19. The fourth-order valence-electron chi connectivity index (χ4n) is 2.66. The lowest BCUT2D eigenvalue weighted by molar-refractivity contribution is 0.0929. The first-order valence-electron chi connectivity index (χ1n) is 7.27. The van der Waals surface area contributed by atoms with Gasteiger partial charge in [-0.2, -0.15) is 5.10 Å². The number of amides is 1. The van der Waals surface area contributed by atoms with Crippen molar-refractivity contribution in [1.82, 2.24) is 25.8 Å².